The molecular weight excluding hydrogens is 636 g/mol. The third-order valence-electron chi connectivity index (χ3n) is 8.45. The quantitative estimate of drug-likeness (QED) is 0.120. The molecule has 0 aliphatic rings. The molecule has 0 bridgehead atoms. The van der Waals surface area contributed by atoms with E-state index in [4.69, 9.17) is 19.9 Å². The van der Waals surface area contributed by atoms with Gasteiger partial charge in [-0.15, -0.1) is 21.5 Å². The van der Waals surface area contributed by atoms with Crippen molar-refractivity contribution in [2.75, 3.05) is 0 Å². The third kappa shape index (κ3) is 5.95. The summed E-state index contributed by atoms with van der Waals surface area (Å²) in [7, 11) is -2.65. The number of aliphatic imine (C=N–C) groups is 1. The smallest absolute Gasteiger partial charge is 0.149 e. The summed E-state index contributed by atoms with van der Waals surface area (Å²) in [5, 5.41) is 14.3. The van der Waals surface area contributed by atoms with Crippen LogP contribution in [0.1, 0.15) is 4.88 Å². The van der Waals surface area contributed by atoms with E-state index in [1.807, 2.05) is 60.8 Å². The number of nitrogens with zero attached hydrogens (tertiary/aromatic N) is 4. The Hall–Kier alpha value is -5.74. The van der Waals surface area contributed by atoms with E-state index >= 15 is 0 Å². The van der Waals surface area contributed by atoms with Gasteiger partial charge in [-0.3, -0.25) is 9.74 Å². The van der Waals surface area contributed by atoms with Crippen molar-refractivity contribution in [1.29, 1.82) is 0 Å². The maximum absolute atomic E-state index is 6.08. The number of hydrogen-bond acceptors (Lipinski definition) is 5. The molecule has 0 spiro atoms. The van der Waals surface area contributed by atoms with Gasteiger partial charge in [0.2, 0.25) is 0 Å². The number of para-hydroxylation sites is 1. The number of aromatic nitrogens is 2. The van der Waals surface area contributed by atoms with E-state index in [1.165, 1.54) is 15.9 Å². The summed E-state index contributed by atoms with van der Waals surface area (Å²) in [5.74, 6) is 0. The van der Waals surface area contributed by atoms with Crippen LogP contribution >= 0.6 is 18.4 Å². The number of hydrogen-bond donors (Lipinski definition) is 0. The molecule has 0 saturated carbocycles. The maximum atomic E-state index is 6.08. The zero-order valence-corrected chi connectivity index (χ0v) is 28.3. The summed E-state index contributed by atoms with van der Waals surface area (Å²) >= 11 is 1.58. The van der Waals surface area contributed by atoms with Crippen molar-refractivity contribution in [3.63, 3.8) is 0 Å². The van der Waals surface area contributed by atoms with Gasteiger partial charge in [-0.25, -0.2) is 0 Å². The highest BCUT2D eigenvalue weighted by Crippen LogP contribution is 2.54. The van der Waals surface area contributed by atoms with Gasteiger partial charge in [-0.2, -0.15) is 0 Å². The molecule has 0 unspecified atom stereocenters. The Kier molecular flexibility index (Phi) is 8.60. The first-order chi connectivity index (χ1) is 24.3. The molecule has 0 N–H and O–H groups in total. The lowest BCUT2D eigenvalue weighted by molar-refractivity contribution is 1.09. The summed E-state index contributed by atoms with van der Waals surface area (Å²) in [6.07, 6.45) is 1.95. The molecular formula is C43H31N4PS. The fourth-order valence-electron chi connectivity index (χ4n) is 6.21. The van der Waals surface area contributed by atoms with Gasteiger partial charge in [-0.1, -0.05) is 170 Å². The predicted octanol–water partition coefficient (Wildman–Crippen LogP) is 10.6. The second kappa shape index (κ2) is 13.8. The summed E-state index contributed by atoms with van der Waals surface area (Å²) < 4.78 is 6.08. The van der Waals surface area contributed by atoms with Crippen molar-refractivity contribution in [3.05, 3.63) is 187 Å². The summed E-state index contributed by atoms with van der Waals surface area (Å²) in [5.41, 5.74) is 5.64. The van der Waals surface area contributed by atoms with Crippen LogP contribution in [0, 0.1) is 0 Å². The molecule has 4 nitrogen and oxygen atoms in total. The minimum absolute atomic E-state index is 0.819. The first-order valence-electron chi connectivity index (χ1n) is 16.1. The fourth-order valence-corrected chi connectivity index (χ4v) is 10.8. The Labute approximate surface area is 290 Å². The average Bonchev–Trinajstić information content (AvgIpc) is 3.54. The highest BCUT2D eigenvalue weighted by atomic mass is 32.1. The van der Waals surface area contributed by atoms with E-state index in [1.54, 1.807) is 11.3 Å². The van der Waals surface area contributed by atoms with Gasteiger partial charge < -0.3 is 0 Å². The van der Waals surface area contributed by atoms with Gasteiger partial charge in [0.05, 0.1) is 23.3 Å². The maximum Gasteiger partial charge on any atom is 0.149 e. The normalized spacial score (nSPS) is 11.6. The molecule has 0 saturated heterocycles. The molecule has 8 rings (SSSR count). The second-order valence-electron chi connectivity index (χ2n) is 11.5. The Morgan fingerprint density at radius 3 is 1.45 bits per heavy atom. The monoisotopic (exact) mass is 666 g/mol. The van der Waals surface area contributed by atoms with Crippen molar-refractivity contribution >= 4 is 62.1 Å². The van der Waals surface area contributed by atoms with Crippen LogP contribution < -0.4 is 15.9 Å². The summed E-state index contributed by atoms with van der Waals surface area (Å²) in [6, 6.07) is 63.1. The van der Waals surface area contributed by atoms with E-state index in [0.29, 0.717) is 0 Å². The first-order valence-corrected chi connectivity index (χ1v) is 18.7. The molecule has 6 aromatic carbocycles. The van der Waals surface area contributed by atoms with Crippen molar-refractivity contribution < 1.29 is 0 Å². The van der Waals surface area contributed by atoms with E-state index in [0.717, 1.165) is 48.9 Å². The summed E-state index contributed by atoms with van der Waals surface area (Å²) in [6.45, 7) is 0. The highest BCUT2D eigenvalue weighted by molar-refractivity contribution is 7.87. The molecule has 0 radical (unpaired) electrons. The summed E-state index contributed by atoms with van der Waals surface area (Å²) in [4.78, 5) is 6.70. The molecule has 0 amide bonds. The number of benzene rings is 6. The van der Waals surface area contributed by atoms with Crippen molar-refractivity contribution in [3.8, 4) is 22.4 Å². The van der Waals surface area contributed by atoms with Crippen molar-refractivity contribution in [2.24, 2.45) is 9.74 Å². The molecule has 2 aromatic heterocycles. The Bertz CT molecular complexity index is 2310. The number of thiophene rings is 1. The van der Waals surface area contributed by atoms with Gasteiger partial charge in [-0.05, 0) is 17.7 Å². The molecule has 49 heavy (non-hydrogen) atoms. The van der Waals surface area contributed by atoms with Crippen molar-refractivity contribution in [1.82, 2.24) is 10.2 Å². The molecule has 6 heteroatoms. The minimum Gasteiger partial charge on any atom is -0.255 e. The van der Waals surface area contributed by atoms with Crippen LogP contribution in [-0.2, 0) is 0 Å². The lowest BCUT2D eigenvalue weighted by atomic mass is 9.97. The zero-order valence-electron chi connectivity index (χ0n) is 26.5. The van der Waals surface area contributed by atoms with Crippen LogP contribution in [-0.4, -0.2) is 16.4 Å². The lowest BCUT2D eigenvalue weighted by Crippen LogP contribution is -2.25. The molecule has 0 fully saturated rings. The van der Waals surface area contributed by atoms with Crippen LogP contribution in [0.2, 0.25) is 0 Å². The highest BCUT2D eigenvalue weighted by Gasteiger charge is 2.30. The Morgan fingerprint density at radius 2 is 0.939 bits per heavy atom. The molecule has 2 heterocycles. The van der Waals surface area contributed by atoms with Gasteiger partial charge >= 0.3 is 0 Å². The van der Waals surface area contributed by atoms with E-state index < -0.39 is 7.05 Å². The molecule has 0 aliphatic carbocycles. The largest absolute Gasteiger partial charge is 0.255 e. The molecule has 8 aromatic rings. The van der Waals surface area contributed by atoms with Crippen LogP contribution in [0.25, 0.3) is 32.6 Å². The van der Waals surface area contributed by atoms with Gasteiger partial charge in [0, 0.05) is 38.6 Å². The van der Waals surface area contributed by atoms with E-state index in [2.05, 4.69) is 127 Å². The molecule has 0 aliphatic heterocycles. The molecule has 234 valence electrons. The van der Waals surface area contributed by atoms with Gasteiger partial charge in [0.15, 0.2) is 0 Å². The Morgan fingerprint density at radius 1 is 0.490 bits per heavy atom. The van der Waals surface area contributed by atoms with Crippen LogP contribution in [0.5, 0.6) is 0 Å². The van der Waals surface area contributed by atoms with E-state index in [9.17, 15) is 0 Å². The first kappa shape index (κ1) is 30.6. The average molecular weight is 667 g/mol. The lowest BCUT2D eigenvalue weighted by Gasteiger charge is -2.27. The standard InChI is InChI=1S/C43H31N4PS/c1-7-19-32(20-8-1)39-40-42(47-48(35-25-13-4-14-26-35,36-27-15-5-16-28-36)37-29-17-6-18-30-37)38(31-44-34-23-11-3-12-24-34)49-43(40)46-45-41(39)33-21-9-2-10-22-33/h1-31H. The SMILES string of the molecule is C(=Nc1ccccc1)c1sc2nnc(-c3ccccc3)c(-c3ccccc3)c2c1N=P(c1ccccc1)(c1ccccc1)c1ccccc1. The zero-order chi connectivity index (χ0) is 32.9. The van der Waals surface area contributed by atoms with Gasteiger partial charge in [0.1, 0.15) is 10.5 Å². The van der Waals surface area contributed by atoms with Gasteiger partial charge in [0.25, 0.3) is 0 Å². The van der Waals surface area contributed by atoms with Crippen LogP contribution in [0.3, 0.4) is 0 Å². The Balaban J connectivity index is 1.56. The number of fused-ring (bicyclic) bond motifs is 1. The van der Waals surface area contributed by atoms with Crippen LogP contribution in [0.4, 0.5) is 11.4 Å². The second-order valence-corrected chi connectivity index (χ2v) is 15.5. The minimum atomic E-state index is -2.65. The predicted molar refractivity (Wildman–Crippen MR) is 209 cm³/mol. The van der Waals surface area contributed by atoms with Crippen LogP contribution in [0.15, 0.2) is 192 Å². The van der Waals surface area contributed by atoms with Crippen molar-refractivity contribution in [2.45, 2.75) is 0 Å². The van der Waals surface area contributed by atoms with E-state index in [-0.39, 0.29) is 0 Å². The topological polar surface area (TPSA) is 50.5 Å². The third-order valence-corrected chi connectivity index (χ3v) is 13.1. The fraction of sp³-hybridized carbons (Fsp3) is 0. The number of rotatable bonds is 8. The molecule has 0 atom stereocenters.